The third-order valence-electron chi connectivity index (χ3n) is 4.01. The molecule has 1 aromatic heterocycles. The second-order valence-electron chi connectivity index (χ2n) is 6.26. The van der Waals surface area contributed by atoms with E-state index in [4.69, 9.17) is 0 Å². The monoisotopic (exact) mass is 329 g/mol. The van der Waals surface area contributed by atoms with Crippen molar-refractivity contribution in [1.82, 2.24) is 15.1 Å². The first-order valence-electron chi connectivity index (χ1n) is 7.96. The van der Waals surface area contributed by atoms with Gasteiger partial charge in [0.2, 0.25) is 0 Å². The van der Waals surface area contributed by atoms with Crippen molar-refractivity contribution in [2.45, 2.75) is 46.1 Å². The maximum absolute atomic E-state index is 12.4. The zero-order valence-corrected chi connectivity index (χ0v) is 14.5. The summed E-state index contributed by atoms with van der Waals surface area (Å²) in [5, 5.41) is 16.3. The van der Waals surface area contributed by atoms with Crippen LogP contribution in [0.5, 0.6) is 0 Å². The fourth-order valence-corrected chi connectivity index (χ4v) is 2.57. The number of carboxylic acid groups (broad SMARTS) is 1. The minimum absolute atomic E-state index is 0.205. The molecule has 2 N–H and O–H groups in total. The highest BCUT2D eigenvalue weighted by Crippen LogP contribution is 2.16. The van der Waals surface area contributed by atoms with E-state index < -0.39 is 17.4 Å². The predicted octanol–water partition coefficient (Wildman–Crippen LogP) is 2.86. The summed E-state index contributed by atoms with van der Waals surface area (Å²) in [7, 11) is 0. The number of aromatic nitrogens is 2. The number of nitrogens with zero attached hydrogens (tertiary/aromatic N) is 2. The molecule has 2 rings (SSSR count). The molecule has 0 aliphatic carbocycles. The highest BCUT2D eigenvalue weighted by molar-refractivity contribution is 5.96. The van der Waals surface area contributed by atoms with Crippen molar-refractivity contribution >= 4 is 11.9 Å². The van der Waals surface area contributed by atoms with Gasteiger partial charge in [0.15, 0.2) is 5.69 Å². The molecule has 1 amide bonds. The molecule has 0 aliphatic rings. The fraction of sp³-hybridized carbons (Fsp3) is 0.389. The summed E-state index contributed by atoms with van der Waals surface area (Å²) in [6.07, 6.45) is 1.01. The first-order chi connectivity index (χ1) is 11.3. The topological polar surface area (TPSA) is 84.2 Å². The Hall–Kier alpha value is -2.63. The number of nitrogens with one attached hydrogen (secondary N) is 1. The molecular formula is C18H23N3O3. The van der Waals surface area contributed by atoms with Crippen molar-refractivity contribution < 1.29 is 14.7 Å². The molecule has 0 saturated heterocycles. The lowest BCUT2D eigenvalue weighted by Gasteiger charge is -2.25. The Morgan fingerprint density at radius 1 is 1.25 bits per heavy atom. The van der Waals surface area contributed by atoms with Crippen LogP contribution in [0.4, 0.5) is 0 Å². The lowest BCUT2D eigenvalue weighted by atomic mass is 9.96. The number of hydrogen-bond acceptors (Lipinski definition) is 3. The summed E-state index contributed by atoms with van der Waals surface area (Å²) >= 11 is 0. The van der Waals surface area contributed by atoms with Gasteiger partial charge < -0.3 is 10.4 Å². The van der Waals surface area contributed by atoms with E-state index in [-0.39, 0.29) is 5.69 Å². The van der Waals surface area contributed by atoms with Crippen molar-refractivity contribution in [3.63, 3.8) is 0 Å². The number of aliphatic carboxylic acids is 1. The third kappa shape index (κ3) is 3.64. The van der Waals surface area contributed by atoms with E-state index in [1.54, 1.807) is 10.7 Å². The molecule has 24 heavy (non-hydrogen) atoms. The largest absolute Gasteiger partial charge is 0.480 e. The maximum Gasteiger partial charge on any atom is 0.329 e. The zero-order valence-electron chi connectivity index (χ0n) is 14.5. The fourth-order valence-electron chi connectivity index (χ4n) is 2.57. The van der Waals surface area contributed by atoms with E-state index in [9.17, 15) is 14.7 Å². The smallest absolute Gasteiger partial charge is 0.329 e. The Morgan fingerprint density at radius 2 is 1.88 bits per heavy atom. The molecule has 1 unspecified atom stereocenters. The molecule has 0 saturated carbocycles. The van der Waals surface area contributed by atoms with Crippen LogP contribution in [0.15, 0.2) is 30.3 Å². The zero-order chi connectivity index (χ0) is 17.9. The quantitative estimate of drug-likeness (QED) is 0.853. The van der Waals surface area contributed by atoms with E-state index in [2.05, 4.69) is 10.4 Å². The first kappa shape index (κ1) is 17.7. The molecule has 0 spiro atoms. The second-order valence-corrected chi connectivity index (χ2v) is 6.26. The van der Waals surface area contributed by atoms with Gasteiger partial charge in [-0.3, -0.25) is 4.79 Å². The number of rotatable bonds is 6. The highest BCUT2D eigenvalue weighted by Gasteiger charge is 2.34. The van der Waals surface area contributed by atoms with Gasteiger partial charge in [0.25, 0.3) is 5.91 Å². The lowest BCUT2D eigenvalue weighted by Crippen LogP contribution is -2.52. The van der Waals surface area contributed by atoms with Crippen LogP contribution in [0.1, 0.15) is 48.4 Å². The molecule has 0 bridgehead atoms. The van der Waals surface area contributed by atoms with Gasteiger partial charge in [-0.05, 0) is 45.4 Å². The summed E-state index contributed by atoms with van der Waals surface area (Å²) in [6, 6.07) is 9.45. The van der Waals surface area contributed by atoms with Crippen molar-refractivity contribution in [1.29, 1.82) is 0 Å². The Kier molecular flexibility index (Phi) is 5.07. The molecule has 0 fully saturated rings. The molecule has 6 nitrogen and oxygen atoms in total. The van der Waals surface area contributed by atoms with Gasteiger partial charge in [-0.15, -0.1) is 0 Å². The minimum atomic E-state index is -1.30. The third-order valence-corrected chi connectivity index (χ3v) is 4.01. The molecule has 128 valence electrons. The van der Waals surface area contributed by atoms with Gasteiger partial charge in [-0.25, -0.2) is 9.48 Å². The van der Waals surface area contributed by atoms with Gasteiger partial charge in [0.05, 0.1) is 5.69 Å². The van der Waals surface area contributed by atoms with Crippen LogP contribution < -0.4 is 5.32 Å². The molecule has 2 aromatic rings. The SMILES string of the molecule is CCCC(C)(NC(=O)c1cc(C)n(-c2ccc(C)cc2)n1)C(=O)O. The van der Waals surface area contributed by atoms with Gasteiger partial charge in [0, 0.05) is 5.69 Å². The standard InChI is InChI=1S/C18H23N3O3/c1-5-10-18(4,17(23)24)19-16(22)15-11-13(3)21(20-15)14-8-6-12(2)7-9-14/h6-9,11H,5,10H2,1-4H3,(H,19,22)(H,23,24). The number of carbonyl (C=O) groups excluding carboxylic acids is 1. The van der Waals surface area contributed by atoms with E-state index in [1.807, 2.05) is 45.0 Å². The summed E-state index contributed by atoms with van der Waals surface area (Å²) < 4.78 is 1.67. The van der Waals surface area contributed by atoms with Gasteiger partial charge >= 0.3 is 5.97 Å². The van der Waals surface area contributed by atoms with Crippen molar-refractivity contribution in [2.24, 2.45) is 0 Å². The van der Waals surface area contributed by atoms with E-state index >= 15 is 0 Å². The number of amides is 1. The average molecular weight is 329 g/mol. The van der Waals surface area contributed by atoms with Crippen molar-refractivity contribution in [2.75, 3.05) is 0 Å². The normalized spacial score (nSPS) is 13.3. The van der Waals surface area contributed by atoms with E-state index in [0.717, 1.165) is 16.9 Å². The van der Waals surface area contributed by atoms with E-state index in [0.29, 0.717) is 12.8 Å². The van der Waals surface area contributed by atoms with Crippen molar-refractivity contribution in [3.05, 3.63) is 47.3 Å². The number of aryl methyl sites for hydroxylation is 2. The molecule has 0 radical (unpaired) electrons. The molecule has 6 heteroatoms. The number of carbonyl (C=O) groups is 2. The Bertz CT molecular complexity index is 749. The van der Waals surface area contributed by atoms with Crippen LogP contribution in [0.25, 0.3) is 5.69 Å². The van der Waals surface area contributed by atoms with E-state index in [1.165, 1.54) is 6.92 Å². The molecule has 0 aliphatic heterocycles. The van der Waals surface area contributed by atoms with Crippen LogP contribution in [0.3, 0.4) is 0 Å². The lowest BCUT2D eigenvalue weighted by molar-refractivity contribution is -0.144. The van der Waals surface area contributed by atoms with Crippen LogP contribution in [-0.4, -0.2) is 32.3 Å². The summed E-state index contributed by atoms with van der Waals surface area (Å²) in [5.41, 5.74) is 1.70. The van der Waals surface area contributed by atoms with Crippen LogP contribution in [-0.2, 0) is 4.79 Å². The Balaban J connectivity index is 2.27. The predicted molar refractivity (Wildman–Crippen MR) is 91.5 cm³/mol. The Labute approximate surface area is 141 Å². The summed E-state index contributed by atoms with van der Waals surface area (Å²) in [5.74, 6) is -1.53. The molecular weight excluding hydrogens is 306 g/mol. The van der Waals surface area contributed by atoms with Gasteiger partial charge in [-0.1, -0.05) is 31.0 Å². The van der Waals surface area contributed by atoms with Crippen LogP contribution >= 0.6 is 0 Å². The second kappa shape index (κ2) is 6.86. The molecule has 1 heterocycles. The Morgan fingerprint density at radius 3 is 2.42 bits per heavy atom. The number of carboxylic acids is 1. The van der Waals surface area contributed by atoms with Gasteiger partial charge in [-0.2, -0.15) is 5.10 Å². The number of hydrogen-bond donors (Lipinski definition) is 2. The highest BCUT2D eigenvalue weighted by atomic mass is 16.4. The summed E-state index contributed by atoms with van der Waals surface area (Å²) in [6.45, 7) is 7.25. The molecule has 1 aromatic carbocycles. The first-order valence-corrected chi connectivity index (χ1v) is 7.96. The van der Waals surface area contributed by atoms with Crippen LogP contribution in [0.2, 0.25) is 0 Å². The minimum Gasteiger partial charge on any atom is -0.480 e. The average Bonchev–Trinajstić information content (AvgIpc) is 2.90. The van der Waals surface area contributed by atoms with Gasteiger partial charge in [0.1, 0.15) is 5.54 Å². The molecule has 1 atom stereocenters. The summed E-state index contributed by atoms with van der Waals surface area (Å²) in [4.78, 5) is 23.9. The maximum atomic E-state index is 12.4. The van der Waals surface area contributed by atoms with Crippen molar-refractivity contribution in [3.8, 4) is 5.69 Å². The number of benzene rings is 1. The van der Waals surface area contributed by atoms with Crippen LogP contribution in [0, 0.1) is 13.8 Å².